The Morgan fingerprint density at radius 2 is 2.17 bits per heavy atom. The zero-order valence-corrected chi connectivity index (χ0v) is 11.6. The van der Waals surface area contributed by atoms with Gasteiger partial charge in [0.1, 0.15) is 0 Å². The summed E-state index contributed by atoms with van der Waals surface area (Å²) in [5, 5.41) is 7.37. The molecule has 3 rings (SSSR count). The number of rotatable bonds is 3. The Labute approximate surface area is 109 Å². The van der Waals surface area contributed by atoms with E-state index in [4.69, 9.17) is 0 Å². The van der Waals surface area contributed by atoms with Crippen molar-refractivity contribution in [1.82, 2.24) is 20.0 Å². The standard InChI is InChI=1S/C14H24N4/c1-11-14(12(2)16-15-11)5-7-17-8-9-18-6-3-4-13(18)10-17/h13H,3-10H2,1-2H3,(H,15,16). The molecular weight excluding hydrogens is 224 g/mol. The zero-order valence-electron chi connectivity index (χ0n) is 11.6. The van der Waals surface area contributed by atoms with Gasteiger partial charge >= 0.3 is 0 Å². The number of nitrogens with zero attached hydrogens (tertiary/aromatic N) is 3. The van der Waals surface area contributed by atoms with E-state index in [2.05, 4.69) is 33.8 Å². The van der Waals surface area contributed by atoms with E-state index in [1.54, 1.807) is 0 Å². The van der Waals surface area contributed by atoms with E-state index >= 15 is 0 Å². The summed E-state index contributed by atoms with van der Waals surface area (Å²) < 4.78 is 0. The molecule has 1 aromatic heterocycles. The molecule has 2 aliphatic rings. The Hall–Kier alpha value is -0.870. The molecule has 0 radical (unpaired) electrons. The number of fused-ring (bicyclic) bond motifs is 1. The molecule has 1 unspecified atom stereocenters. The summed E-state index contributed by atoms with van der Waals surface area (Å²) in [4.78, 5) is 5.31. The number of hydrogen-bond donors (Lipinski definition) is 1. The Morgan fingerprint density at radius 1 is 1.28 bits per heavy atom. The number of hydrogen-bond acceptors (Lipinski definition) is 3. The minimum atomic E-state index is 0.838. The Balaban J connectivity index is 1.55. The van der Waals surface area contributed by atoms with Crippen LogP contribution in [0.25, 0.3) is 0 Å². The molecule has 0 bridgehead atoms. The number of piperazine rings is 1. The van der Waals surface area contributed by atoms with Crippen LogP contribution in [0.15, 0.2) is 0 Å². The van der Waals surface area contributed by atoms with E-state index in [0.29, 0.717) is 0 Å². The predicted molar refractivity (Wildman–Crippen MR) is 72.8 cm³/mol. The molecule has 1 atom stereocenters. The lowest BCUT2D eigenvalue weighted by Crippen LogP contribution is -2.50. The van der Waals surface area contributed by atoms with Gasteiger partial charge in [0, 0.05) is 37.9 Å². The van der Waals surface area contributed by atoms with Gasteiger partial charge in [0.15, 0.2) is 0 Å². The fourth-order valence-corrected chi connectivity index (χ4v) is 3.47. The monoisotopic (exact) mass is 248 g/mol. The maximum atomic E-state index is 4.28. The van der Waals surface area contributed by atoms with E-state index in [1.807, 2.05) is 0 Å². The van der Waals surface area contributed by atoms with Gasteiger partial charge in [0.25, 0.3) is 0 Å². The van der Waals surface area contributed by atoms with Crippen LogP contribution in [0.3, 0.4) is 0 Å². The van der Waals surface area contributed by atoms with Crippen molar-refractivity contribution in [1.29, 1.82) is 0 Å². The number of H-pyrrole nitrogens is 1. The van der Waals surface area contributed by atoms with Gasteiger partial charge in [-0.25, -0.2) is 0 Å². The predicted octanol–water partition coefficient (Wildman–Crippen LogP) is 1.35. The van der Waals surface area contributed by atoms with Crippen LogP contribution in [-0.2, 0) is 6.42 Å². The van der Waals surface area contributed by atoms with Crippen LogP contribution in [0.5, 0.6) is 0 Å². The lowest BCUT2D eigenvalue weighted by molar-refractivity contribution is 0.105. The number of aromatic nitrogens is 2. The highest BCUT2D eigenvalue weighted by molar-refractivity contribution is 5.23. The van der Waals surface area contributed by atoms with Gasteiger partial charge in [-0.3, -0.25) is 10.00 Å². The third-order valence-electron chi connectivity index (χ3n) is 4.63. The second-order valence-corrected chi connectivity index (χ2v) is 5.80. The molecule has 1 aromatic rings. The molecule has 4 nitrogen and oxygen atoms in total. The van der Waals surface area contributed by atoms with Crippen LogP contribution in [0.1, 0.15) is 29.8 Å². The second-order valence-electron chi connectivity index (χ2n) is 5.80. The largest absolute Gasteiger partial charge is 0.300 e. The van der Waals surface area contributed by atoms with Crippen molar-refractivity contribution in [3.8, 4) is 0 Å². The van der Waals surface area contributed by atoms with Gasteiger partial charge in [-0.05, 0) is 45.2 Å². The molecule has 0 spiro atoms. The van der Waals surface area contributed by atoms with Gasteiger partial charge in [-0.15, -0.1) is 0 Å². The summed E-state index contributed by atoms with van der Waals surface area (Å²) >= 11 is 0. The average Bonchev–Trinajstić information content (AvgIpc) is 2.94. The SMILES string of the molecule is Cc1n[nH]c(C)c1CCN1CCN2CCCC2C1. The van der Waals surface area contributed by atoms with Crippen molar-refractivity contribution in [3.05, 3.63) is 17.0 Å². The second kappa shape index (κ2) is 5.02. The van der Waals surface area contributed by atoms with E-state index in [-0.39, 0.29) is 0 Å². The fraction of sp³-hybridized carbons (Fsp3) is 0.786. The zero-order chi connectivity index (χ0) is 12.5. The summed E-state index contributed by atoms with van der Waals surface area (Å²) in [7, 11) is 0. The van der Waals surface area contributed by atoms with Gasteiger partial charge in [0.2, 0.25) is 0 Å². The summed E-state index contributed by atoms with van der Waals surface area (Å²) in [5.41, 5.74) is 3.84. The Morgan fingerprint density at radius 3 is 2.94 bits per heavy atom. The minimum Gasteiger partial charge on any atom is -0.300 e. The molecule has 18 heavy (non-hydrogen) atoms. The Kier molecular flexibility index (Phi) is 3.39. The van der Waals surface area contributed by atoms with Crippen molar-refractivity contribution >= 4 is 0 Å². The molecule has 0 aromatic carbocycles. The summed E-state index contributed by atoms with van der Waals surface area (Å²) in [6.07, 6.45) is 3.94. The highest BCUT2D eigenvalue weighted by Crippen LogP contribution is 2.21. The maximum Gasteiger partial charge on any atom is 0.0626 e. The quantitative estimate of drug-likeness (QED) is 0.877. The van der Waals surface area contributed by atoms with E-state index < -0.39 is 0 Å². The highest BCUT2D eigenvalue weighted by atomic mass is 15.3. The third kappa shape index (κ3) is 2.31. The maximum absolute atomic E-state index is 4.28. The number of nitrogens with one attached hydrogen (secondary N) is 1. The van der Waals surface area contributed by atoms with Gasteiger partial charge in [-0.2, -0.15) is 5.10 Å². The highest BCUT2D eigenvalue weighted by Gasteiger charge is 2.30. The summed E-state index contributed by atoms with van der Waals surface area (Å²) in [5.74, 6) is 0. The van der Waals surface area contributed by atoms with E-state index in [0.717, 1.165) is 12.5 Å². The first-order valence-electron chi connectivity index (χ1n) is 7.21. The molecular formula is C14H24N4. The van der Waals surface area contributed by atoms with Gasteiger partial charge in [-0.1, -0.05) is 0 Å². The number of aromatic amines is 1. The third-order valence-corrected chi connectivity index (χ3v) is 4.63. The molecule has 0 amide bonds. The Bertz CT molecular complexity index is 392. The first-order valence-corrected chi connectivity index (χ1v) is 7.21. The van der Waals surface area contributed by atoms with Gasteiger partial charge < -0.3 is 4.90 Å². The lowest BCUT2D eigenvalue weighted by atomic mass is 10.1. The molecule has 0 aliphatic carbocycles. The molecule has 2 fully saturated rings. The van der Waals surface area contributed by atoms with E-state index in [9.17, 15) is 0 Å². The van der Waals surface area contributed by atoms with Crippen molar-refractivity contribution < 1.29 is 0 Å². The van der Waals surface area contributed by atoms with Crippen LogP contribution in [0, 0.1) is 13.8 Å². The average molecular weight is 248 g/mol. The van der Waals surface area contributed by atoms with Crippen LogP contribution in [0.4, 0.5) is 0 Å². The lowest BCUT2D eigenvalue weighted by Gasteiger charge is -2.37. The number of aryl methyl sites for hydroxylation is 2. The van der Waals surface area contributed by atoms with Crippen LogP contribution in [0.2, 0.25) is 0 Å². The summed E-state index contributed by atoms with van der Waals surface area (Å²) in [6, 6.07) is 0.838. The molecule has 4 heteroatoms. The van der Waals surface area contributed by atoms with Crippen molar-refractivity contribution in [2.24, 2.45) is 0 Å². The smallest absolute Gasteiger partial charge is 0.0626 e. The molecule has 3 heterocycles. The van der Waals surface area contributed by atoms with E-state index in [1.165, 1.54) is 62.5 Å². The van der Waals surface area contributed by atoms with Crippen molar-refractivity contribution in [2.75, 3.05) is 32.7 Å². The molecule has 2 saturated heterocycles. The fourth-order valence-electron chi connectivity index (χ4n) is 3.47. The molecule has 0 saturated carbocycles. The van der Waals surface area contributed by atoms with Crippen molar-refractivity contribution in [2.45, 2.75) is 39.2 Å². The summed E-state index contributed by atoms with van der Waals surface area (Å²) in [6.45, 7) is 10.5. The first-order chi connectivity index (χ1) is 8.74. The molecule has 1 N–H and O–H groups in total. The topological polar surface area (TPSA) is 35.2 Å². The van der Waals surface area contributed by atoms with Gasteiger partial charge in [0.05, 0.1) is 5.69 Å². The normalized spacial score (nSPS) is 25.6. The van der Waals surface area contributed by atoms with Crippen LogP contribution in [-0.4, -0.2) is 58.8 Å². The minimum absolute atomic E-state index is 0.838. The van der Waals surface area contributed by atoms with Crippen LogP contribution < -0.4 is 0 Å². The van der Waals surface area contributed by atoms with Crippen LogP contribution >= 0.6 is 0 Å². The molecule has 2 aliphatic heterocycles. The van der Waals surface area contributed by atoms with Crippen molar-refractivity contribution in [3.63, 3.8) is 0 Å². The molecule has 100 valence electrons. The first kappa shape index (κ1) is 12.2.